The van der Waals surface area contributed by atoms with Crippen LogP contribution in [0.15, 0.2) is 42.6 Å². The van der Waals surface area contributed by atoms with Crippen molar-refractivity contribution in [3.8, 4) is 0 Å². The van der Waals surface area contributed by atoms with Crippen molar-refractivity contribution < 1.29 is 14.7 Å². The average molecular weight is 305 g/mol. The van der Waals surface area contributed by atoms with E-state index in [2.05, 4.69) is 10.3 Å². The fraction of sp³-hybridized carbons (Fsp3) is 0.133. The SMILES string of the molecule is O=C(O)CCc1ccccc1NC(=O)c1ccnc(Cl)c1. The summed E-state index contributed by atoms with van der Waals surface area (Å²) >= 11 is 5.75. The molecule has 21 heavy (non-hydrogen) atoms. The maximum Gasteiger partial charge on any atom is 0.303 e. The van der Waals surface area contributed by atoms with Crippen LogP contribution in [0, 0.1) is 0 Å². The Morgan fingerprint density at radius 2 is 2.00 bits per heavy atom. The van der Waals surface area contributed by atoms with E-state index in [1.165, 1.54) is 12.3 Å². The number of nitrogens with one attached hydrogen (secondary N) is 1. The topological polar surface area (TPSA) is 79.3 Å². The highest BCUT2D eigenvalue weighted by atomic mass is 35.5. The second-order valence-corrected chi connectivity index (χ2v) is 4.76. The van der Waals surface area contributed by atoms with Crippen molar-refractivity contribution in [2.75, 3.05) is 5.32 Å². The number of rotatable bonds is 5. The number of aliphatic carboxylic acids is 1. The summed E-state index contributed by atoms with van der Waals surface area (Å²) in [6, 6.07) is 10.1. The molecule has 0 fully saturated rings. The lowest BCUT2D eigenvalue weighted by molar-refractivity contribution is -0.136. The predicted octanol–water partition coefficient (Wildman–Crippen LogP) is 3.00. The van der Waals surface area contributed by atoms with Crippen LogP contribution in [0.25, 0.3) is 0 Å². The molecule has 0 saturated heterocycles. The van der Waals surface area contributed by atoms with Gasteiger partial charge in [-0.1, -0.05) is 29.8 Å². The lowest BCUT2D eigenvalue weighted by Crippen LogP contribution is -2.13. The fourth-order valence-corrected chi connectivity index (χ4v) is 2.01. The molecule has 1 heterocycles. The third-order valence-electron chi connectivity index (χ3n) is 2.86. The van der Waals surface area contributed by atoms with Gasteiger partial charge < -0.3 is 10.4 Å². The van der Waals surface area contributed by atoms with Crippen LogP contribution in [0.2, 0.25) is 5.15 Å². The lowest BCUT2D eigenvalue weighted by atomic mass is 10.1. The Morgan fingerprint density at radius 1 is 1.24 bits per heavy atom. The Hall–Kier alpha value is -2.40. The molecule has 1 aromatic carbocycles. The Bertz CT molecular complexity index is 673. The number of anilines is 1. The zero-order valence-electron chi connectivity index (χ0n) is 11.0. The normalized spacial score (nSPS) is 10.1. The lowest BCUT2D eigenvalue weighted by Gasteiger charge is -2.10. The molecule has 108 valence electrons. The first kappa shape index (κ1) is 15.0. The van der Waals surface area contributed by atoms with Crippen molar-refractivity contribution in [2.24, 2.45) is 0 Å². The molecule has 2 rings (SSSR count). The van der Waals surface area contributed by atoms with Crippen LogP contribution in [0.4, 0.5) is 5.69 Å². The molecular formula is C15H13ClN2O3. The van der Waals surface area contributed by atoms with Gasteiger partial charge in [0.05, 0.1) is 0 Å². The standard InChI is InChI=1S/C15H13ClN2O3/c16-13-9-11(7-8-17-13)15(21)18-12-4-2-1-3-10(12)5-6-14(19)20/h1-4,7-9H,5-6H2,(H,18,21)(H,19,20). The van der Waals surface area contributed by atoms with Gasteiger partial charge in [0.15, 0.2) is 0 Å². The maximum atomic E-state index is 12.1. The van der Waals surface area contributed by atoms with E-state index in [1.807, 2.05) is 0 Å². The number of amides is 1. The van der Waals surface area contributed by atoms with Crippen molar-refractivity contribution >= 4 is 29.2 Å². The van der Waals surface area contributed by atoms with E-state index in [4.69, 9.17) is 16.7 Å². The summed E-state index contributed by atoms with van der Waals surface area (Å²) in [4.78, 5) is 26.6. The minimum Gasteiger partial charge on any atom is -0.481 e. The van der Waals surface area contributed by atoms with Gasteiger partial charge in [0, 0.05) is 23.9 Å². The molecule has 0 spiro atoms. The number of carbonyl (C=O) groups is 2. The quantitative estimate of drug-likeness (QED) is 0.832. The van der Waals surface area contributed by atoms with Gasteiger partial charge in [-0.3, -0.25) is 9.59 Å². The largest absolute Gasteiger partial charge is 0.481 e. The minimum absolute atomic E-state index is 0.00791. The summed E-state index contributed by atoms with van der Waals surface area (Å²) in [6.45, 7) is 0. The summed E-state index contributed by atoms with van der Waals surface area (Å²) in [5.74, 6) is -1.20. The van der Waals surface area contributed by atoms with E-state index in [0.717, 1.165) is 5.56 Å². The molecule has 1 aromatic heterocycles. The van der Waals surface area contributed by atoms with Crippen LogP contribution in [-0.2, 0) is 11.2 Å². The van der Waals surface area contributed by atoms with Crippen LogP contribution in [0.1, 0.15) is 22.3 Å². The number of hydrogen-bond donors (Lipinski definition) is 2. The predicted molar refractivity (Wildman–Crippen MR) is 79.6 cm³/mol. The molecule has 0 radical (unpaired) electrons. The van der Waals surface area contributed by atoms with Crippen LogP contribution in [0.3, 0.4) is 0 Å². The van der Waals surface area contributed by atoms with E-state index in [-0.39, 0.29) is 17.5 Å². The Kier molecular flexibility index (Phi) is 4.90. The third kappa shape index (κ3) is 4.29. The molecule has 0 saturated carbocycles. The van der Waals surface area contributed by atoms with Crippen LogP contribution < -0.4 is 5.32 Å². The van der Waals surface area contributed by atoms with E-state index in [1.54, 1.807) is 30.3 Å². The van der Waals surface area contributed by atoms with Gasteiger partial charge >= 0.3 is 5.97 Å². The van der Waals surface area contributed by atoms with Crippen molar-refractivity contribution in [1.29, 1.82) is 0 Å². The highest BCUT2D eigenvalue weighted by Crippen LogP contribution is 2.18. The zero-order chi connectivity index (χ0) is 15.2. The molecule has 1 amide bonds. The number of benzene rings is 1. The highest BCUT2D eigenvalue weighted by Gasteiger charge is 2.10. The maximum absolute atomic E-state index is 12.1. The summed E-state index contributed by atoms with van der Waals surface area (Å²) < 4.78 is 0. The van der Waals surface area contributed by atoms with Crippen molar-refractivity contribution in [3.05, 3.63) is 58.9 Å². The molecule has 0 atom stereocenters. The summed E-state index contributed by atoms with van der Waals surface area (Å²) in [5.41, 5.74) is 1.76. The second kappa shape index (κ2) is 6.85. The first-order valence-electron chi connectivity index (χ1n) is 6.29. The van der Waals surface area contributed by atoms with Gasteiger partial charge in [-0.05, 0) is 30.2 Å². The van der Waals surface area contributed by atoms with Gasteiger partial charge in [0.1, 0.15) is 5.15 Å². The number of nitrogens with zero attached hydrogens (tertiary/aromatic N) is 1. The van der Waals surface area contributed by atoms with Gasteiger partial charge in [0.25, 0.3) is 5.91 Å². The van der Waals surface area contributed by atoms with Gasteiger partial charge in [-0.25, -0.2) is 4.98 Å². The first-order valence-corrected chi connectivity index (χ1v) is 6.66. The number of aryl methyl sites for hydroxylation is 1. The highest BCUT2D eigenvalue weighted by molar-refractivity contribution is 6.29. The van der Waals surface area contributed by atoms with E-state index >= 15 is 0 Å². The molecule has 0 bridgehead atoms. The molecule has 0 aliphatic rings. The summed E-state index contributed by atoms with van der Waals surface area (Å²) in [7, 11) is 0. The van der Waals surface area contributed by atoms with E-state index in [0.29, 0.717) is 17.7 Å². The molecule has 0 unspecified atom stereocenters. The molecule has 2 N–H and O–H groups in total. The number of aromatic nitrogens is 1. The molecule has 5 nitrogen and oxygen atoms in total. The van der Waals surface area contributed by atoms with Crippen molar-refractivity contribution in [3.63, 3.8) is 0 Å². The zero-order valence-corrected chi connectivity index (χ0v) is 11.8. The number of carboxylic acid groups (broad SMARTS) is 1. The van der Waals surface area contributed by atoms with E-state index in [9.17, 15) is 9.59 Å². The number of hydrogen-bond acceptors (Lipinski definition) is 3. The Morgan fingerprint density at radius 3 is 2.71 bits per heavy atom. The van der Waals surface area contributed by atoms with Gasteiger partial charge in [-0.2, -0.15) is 0 Å². The summed E-state index contributed by atoms with van der Waals surface area (Å²) in [6.07, 6.45) is 1.81. The molecule has 0 aliphatic carbocycles. The molecule has 6 heteroatoms. The molecule has 2 aromatic rings. The van der Waals surface area contributed by atoms with Crippen LogP contribution in [-0.4, -0.2) is 22.0 Å². The van der Waals surface area contributed by atoms with E-state index < -0.39 is 5.97 Å². The number of halogens is 1. The number of para-hydroxylation sites is 1. The molecule has 0 aliphatic heterocycles. The number of pyridine rings is 1. The third-order valence-corrected chi connectivity index (χ3v) is 3.07. The van der Waals surface area contributed by atoms with Crippen molar-refractivity contribution in [2.45, 2.75) is 12.8 Å². The fourth-order valence-electron chi connectivity index (χ4n) is 1.84. The Labute approximate surface area is 126 Å². The Balaban J connectivity index is 2.15. The first-order chi connectivity index (χ1) is 10.1. The minimum atomic E-state index is -0.878. The van der Waals surface area contributed by atoms with Crippen LogP contribution in [0.5, 0.6) is 0 Å². The summed E-state index contributed by atoms with van der Waals surface area (Å²) in [5, 5.41) is 11.7. The van der Waals surface area contributed by atoms with Crippen molar-refractivity contribution in [1.82, 2.24) is 4.98 Å². The smallest absolute Gasteiger partial charge is 0.303 e. The van der Waals surface area contributed by atoms with Gasteiger partial charge in [-0.15, -0.1) is 0 Å². The number of carboxylic acids is 1. The monoisotopic (exact) mass is 304 g/mol. The second-order valence-electron chi connectivity index (χ2n) is 4.37. The van der Waals surface area contributed by atoms with Gasteiger partial charge in [0.2, 0.25) is 0 Å². The number of carbonyl (C=O) groups excluding carboxylic acids is 1. The average Bonchev–Trinajstić information content (AvgIpc) is 2.46. The molecular weight excluding hydrogens is 292 g/mol. The van der Waals surface area contributed by atoms with Crippen LogP contribution >= 0.6 is 11.6 Å².